The van der Waals surface area contributed by atoms with Crippen molar-refractivity contribution < 1.29 is 27.5 Å². The zero-order valence-electron chi connectivity index (χ0n) is 16.0. The molecule has 3 N–H and O–H groups in total. The highest BCUT2D eigenvalue weighted by Crippen LogP contribution is 2.47. The topological polar surface area (TPSA) is 97.6 Å². The Morgan fingerprint density at radius 2 is 2.13 bits per heavy atom. The summed E-state index contributed by atoms with van der Waals surface area (Å²) in [5, 5.41) is 2.98. The molecule has 30 heavy (non-hydrogen) atoms. The first-order chi connectivity index (χ1) is 14.2. The molecule has 162 valence electrons. The van der Waals surface area contributed by atoms with E-state index in [0.29, 0.717) is 23.3 Å². The predicted octanol–water partition coefficient (Wildman–Crippen LogP) is 3.25. The maximum absolute atomic E-state index is 12.8. The number of carbonyl (C=O) groups is 2. The number of alkyl halides is 3. The number of amides is 2. The van der Waals surface area contributed by atoms with Crippen LogP contribution in [0.3, 0.4) is 0 Å². The predicted molar refractivity (Wildman–Crippen MR) is 105 cm³/mol. The van der Waals surface area contributed by atoms with Gasteiger partial charge in [0.2, 0.25) is 11.8 Å². The lowest BCUT2D eigenvalue weighted by atomic mass is 10.0. The third kappa shape index (κ3) is 4.36. The molecule has 2 aliphatic rings. The molecule has 1 aromatic heterocycles. The number of nitrogens with two attached hydrogens (primary N) is 1. The van der Waals surface area contributed by atoms with Gasteiger partial charge in [0.1, 0.15) is 5.75 Å². The molecule has 1 aromatic carbocycles. The van der Waals surface area contributed by atoms with Crippen molar-refractivity contribution in [3.63, 3.8) is 0 Å². The minimum absolute atomic E-state index is 0.0393. The maximum atomic E-state index is 12.8. The monoisotopic (exact) mass is 442 g/mol. The van der Waals surface area contributed by atoms with E-state index in [1.807, 2.05) is 0 Å². The normalized spacial score (nSPS) is 20.4. The maximum Gasteiger partial charge on any atom is 0.573 e. The molecule has 11 heteroatoms. The molecule has 0 spiro atoms. The van der Waals surface area contributed by atoms with E-state index in [1.165, 1.54) is 18.2 Å². The van der Waals surface area contributed by atoms with Crippen LogP contribution in [0.15, 0.2) is 18.2 Å². The Balaban J connectivity index is 1.40. The molecule has 2 aromatic rings. The van der Waals surface area contributed by atoms with Gasteiger partial charge < -0.3 is 20.7 Å². The quantitative estimate of drug-likeness (QED) is 0.716. The van der Waals surface area contributed by atoms with Crippen LogP contribution in [0.1, 0.15) is 32.1 Å². The smallest absolute Gasteiger partial charge is 0.406 e. The van der Waals surface area contributed by atoms with Gasteiger partial charge in [0.15, 0.2) is 5.13 Å². The van der Waals surface area contributed by atoms with Crippen LogP contribution in [0, 0.1) is 5.41 Å². The number of hydrogen-bond donors (Lipinski definition) is 2. The third-order valence-corrected chi connectivity index (χ3v) is 6.53. The lowest BCUT2D eigenvalue weighted by Crippen LogP contribution is -2.44. The molecular formula is C19H21F3N4O3S. The highest BCUT2D eigenvalue weighted by atomic mass is 32.1. The summed E-state index contributed by atoms with van der Waals surface area (Å²) in [4.78, 5) is 31.3. The second kappa shape index (κ2) is 7.69. The summed E-state index contributed by atoms with van der Waals surface area (Å²) in [6, 6.07) is 3.63. The van der Waals surface area contributed by atoms with Gasteiger partial charge in [-0.2, -0.15) is 0 Å². The number of likely N-dealkylation sites (tertiary alicyclic amines) is 1. The van der Waals surface area contributed by atoms with E-state index in [2.05, 4.69) is 15.0 Å². The molecule has 1 saturated carbocycles. The molecule has 1 aliphatic heterocycles. The fraction of sp³-hybridized carbons (Fsp3) is 0.526. The lowest BCUT2D eigenvalue weighted by Gasteiger charge is -2.28. The van der Waals surface area contributed by atoms with Crippen molar-refractivity contribution in [2.45, 2.75) is 44.5 Å². The van der Waals surface area contributed by atoms with E-state index >= 15 is 0 Å². The van der Waals surface area contributed by atoms with E-state index in [-0.39, 0.29) is 35.2 Å². The van der Waals surface area contributed by atoms with Crippen molar-refractivity contribution in [3.05, 3.63) is 18.2 Å². The second-order valence-electron chi connectivity index (χ2n) is 7.73. The van der Waals surface area contributed by atoms with Crippen LogP contribution >= 0.6 is 11.3 Å². The Bertz CT molecular complexity index is 974. The average molecular weight is 442 g/mol. The lowest BCUT2D eigenvalue weighted by molar-refractivity contribution is -0.274. The fourth-order valence-electron chi connectivity index (χ4n) is 3.82. The minimum atomic E-state index is -4.77. The third-order valence-electron chi connectivity index (χ3n) is 5.60. The molecule has 1 atom stereocenters. The molecule has 2 heterocycles. The van der Waals surface area contributed by atoms with Gasteiger partial charge in [-0.05, 0) is 37.8 Å². The average Bonchev–Trinajstić information content (AvgIpc) is 3.17. The summed E-state index contributed by atoms with van der Waals surface area (Å²) in [6.07, 6.45) is -1.45. The largest absolute Gasteiger partial charge is 0.573 e. The van der Waals surface area contributed by atoms with E-state index in [0.717, 1.165) is 37.0 Å². The number of nitrogens with one attached hydrogen (secondary N) is 1. The molecule has 4 rings (SSSR count). The number of nitrogens with zero attached hydrogens (tertiary/aromatic N) is 2. The first-order valence-corrected chi connectivity index (χ1v) is 10.5. The highest BCUT2D eigenvalue weighted by Gasteiger charge is 2.52. The number of benzene rings is 1. The Kier molecular flexibility index (Phi) is 5.35. The zero-order valence-corrected chi connectivity index (χ0v) is 16.8. The number of hydrogen-bond acceptors (Lipinski definition) is 6. The number of ether oxygens (including phenoxy) is 1. The first kappa shape index (κ1) is 20.9. The van der Waals surface area contributed by atoms with Gasteiger partial charge in [0.05, 0.1) is 15.6 Å². The summed E-state index contributed by atoms with van der Waals surface area (Å²) in [5.41, 5.74) is 5.78. The minimum Gasteiger partial charge on any atom is -0.406 e. The molecule has 2 fully saturated rings. The molecule has 0 bridgehead atoms. The van der Waals surface area contributed by atoms with E-state index < -0.39 is 11.8 Å². The molecule has 1 aliphatic carbocycles. The Morgan fingerprint density at radius 1 is 1.37 bits per heavy atom. The number of anilines is 1. The van der Waals surface area contributed by atoms with Crippen molar-refractivity contribution in [2.24, 2.45) is 11.1 Å². The van der Waals surface area contributed by atoms with Gasteiger partial charge >= 0.3 is 6.36 Å². The van der Waals surface area contributed by atoms with Crippen LogP contribution < -0.4 is 15.8 Å². The van der Waals surface area contributed by atoms with Crippen molar-refractivity contribution in [1.29, 1.82) is 0 Å². The van der Waals surface area contributed by atoms with Crippen LogP contribution in [0.25, 0.3) is 10.2 Å². The fourth-order valence-corrected chi connectivity index (χ4v) is 4.73. The molecule has 1 saturated heterocycles. The Labute approximate surface area is 174 Å². The summed E-state index contributed by atoms with van der Waals surface area (Å²) in [5.74, 6) is -0.592. The Morgan fingerprint density at radius 3 is 2.80 bits per heavy atom. The van der Waals surface area contributed by atoms with E-state index in [1.54, 1.807) is 4.90 Å². The summed E-state index contributed by atoms with van der Waals surface area (Å²) in [7, 11) is 0. The van der Waals surface area contributed by atoms with Gasteiger partial charge in [-0.1, -0.05) is 11.3 Å². The number of carbonyl (C=O) groups excluding carboxylic acids is 2. The summed E-state index contributed by atoms with van der Waals surface area (Å²) >= 11 is 1.06. The van der Waals surface area contributed by atoms with Gasteiger partial charge in [-0.15, -0.1) is 13.2 Å². The van der Waals surface area contributed by atoms with Crippen LogP contribution in [-0.2, 0) is 9.59 Å². The van der Waals surface area contributed by atoms with Crippen LogP contribution in [-0.4, -0.2) is 47.2 Å². The van der Waals surface area contributed by atoms with Crippen molar-refractivity contribution >= 4 is 38.5 Å². The number of halogens is 3. The molecule has 2 amide bonds. The number of fused-ring (bicyclic) bond motifs is 1. The van der Waals surface area contributed by atoms with Crippen molar-refractivity contribution in [2.75, 3.05) is 18.4 Å². The van der Waals surface area contributed by atoms with Crippen LogP contribution in [0.5, 0.6) is 5.75 Å². The summed E-state index contributed by atoms with van der Waals surface area (Å²) < 4.78 is 41.5. The van der Waals surface area contributed by atoms with Crippen LogP contribution in [0.2, 0.25) is 0 Å². The number of rotatable bonds is 6. The standard InChI is InChI=1S/C19H21F3N4O3S/c20-19(21,22)29-12-3-4-13-14(9-12)30-17(24-13)25-15(27)8-11-2-1-7-26(11)16(28)18(10-23)5-6-18/h3-4,9,11H,1-2,5-8,10,23H2,(H,24,25,27)/t11-/m0/s1. The molecular weight excluding hydrogens is 421 g/mol. The second-order valence-corrected chi connectivity index (χ2v) is 8.76. The highest BCUT2D eigenvalue weighted by molar-refractivity contribution is 7.22. The first-order valence-electron chi connectivity index (χ1n) is 9.66. The van der Waals surface area contributed by atoms with Crippen molar-refractivity contribution in [1.82, 2.24) is 9.88 Å². The molecule has 7 nitrogen and oxygen atoms in total. The van der Waals surface area contributed by atoms with Gasteiger partial charge in [-0.3, -0.25) is 9.59 Å². The van der Waals surface area contributed by atoms with E-state index in [9.17, 15) is 22.8 Å². The van der Waals surface area contributed by atoms with Gasteiger partial charge in [0, 0.05) is 31.6 Å². The Hall–Kier alpha value is -2.40. The summed E-state index contributed by atoms with van der Waals surface area (Å²) in [6.45, 7) is 0.953. The van der Waals surface area contributed by atoms with E-state index in [4.69, 9.17) is 5.73 Å². The van der Waals surface area contributed by atoms with Gasteiger partial charge in [0.25, 0.3) is 0 Å². The molecule has 0 radical (unpaired) electrons. The van der Waals surface area contributed by atoms with Gasteiger partial charge in [-0.25, -0.2) is 4.98 Å². The number of thiazole rings is 1. The number of aromatic nitrogens is 1. The SMILES string of the molecule is NCC1(C(=O)N2CCC[C@H]2CC(=O)Nc2nc3ccc(OC(F)(F)F)cc3s2)CC1. The van der Waals surface area contributed by atoms with Crippen LogP contribution in [0.4, 0.5) is 18.3 Å². The van der Waals surface area contributed by atoms with Crippen molar-refractivity contribution in [3.8, 4) is 5.75 Å². The molecule has 0 unspecified atom stereocenters. The zero-order chi connectivity index (χ0) is 21.5.